The van der Waals surface area contributed by atoms with Gasteiger partial charge in [0.15, 0.2) is 0 Å². The van der Waals surface area contributed by atoms with E-state index in [-0.39, 0.29) is 11.1 Å². The van der Waals surface area contributed by atoms with Crippen LogP contribution in [-0.4, -0.2) is 5.78 Å². The quantitative estimate of drug-likeness (QED) is 0.748. The Morgan fingerprint density at radius 1 is 0.950 bits per heavy atom. The average Bonchev–Trinajstić information content (AvgIpc) is 2.37. The smallest absolute Gasteiger partial charge is 0.287 e. The molecule has 0 amide bonds. The van der Waals surface area contributed by atoms with E-state index in [4.69, 9.17) is 0 Å². The number of rotatable bonds is 3. The van der Waals surface area contributed by atoms with Crippen LogP contribution in [0.15, 0.2) is 42.5 Å². The third-order valence-corrected chi connectivity index (χ3v) is 3.31. The van der Waals surface area contributed by atoms with Crippen LogP contribution >= 0.6 is 0 Å². The van der Waals surface area contributed by atoms with Crippen LogP contribution in [0.1, 0.15) is 32.6 Å². The highest BCUT2D eigenvalue weighted by molar-refractivity contribution is 6.02. The average molecular weight is 274 g/mol. The van der Waals surface area contributed by atoms with E-state index in [2.05, 4.69) is 0 Å². The van der Waals surface area contributed by atoms with Crippen molar-refractivity contribution < 1.29 is 13.6 Å². The fourth-order valence-corrected chi connectivity index (χ4v) is 2.56. The molecule has 0 aliphatic carbocycles. The normalized spacial score (nSPS) is 11.4. The molecular formula is C17H16F2O. The van der Waals surface area contributed by atoms with Gasteiger partial charge < -0.3 is 0 Å². The van der Waals surface area contributed by atoms with E-state index in [9.17, 15) is 13.6 Å². The molecule has 2 aromatic carbocycles. The second kappa shape index (κ2) is 5.16. The van der Waals surface area contributed by atoms with Crippen molar-refractivity contribution in [3.05, 3.63) is 70.3 Å². The Morgan fingerprint density at radius 2 is 1.45 bits per heavy atom. The van der Waals surface area contributed by atoms with Crippen LogP contribution in [0.3, 0.4) is 0 Å². The molecule has 0 saturated carbocycles. The summed E-state index contributed by atoms with van der Waals surface area (Å²) in [7, 11) is 0. The molecule has 0 saturated heterocycles. The van der Waals surface area contributed by atoms with Gasteiger partial charge in [-0.3, -0.25) is 4.79 Å². The Kier molecular flexibility index (Phi) is 3.71. The van der Waals surface area contributed by atoms with Gasteiger partial charge in [0, 0.05) is 11.1 Å². The molecule has 2 rings (SSSR count). The van der Waals surface area contributed by atoms with E-state index < -0.39 is 11.7 Å². The Bertz CT molecular complexity index is 622. The zero-order valence-electron chi connectivity index (χ0n) is 11.7. The lowest BCUT2D eigenvalue weighted by molar-refractivity contribution is 0.00663. The first-order valence-electron chi connectivity index (χ1n) is 6.40. The highest BCUT2D eigenvalue weighted by atomic mass is 19.3. The molecule has 20 heavy (non-hydrogen) atoms. The number of halogens is 2. The lowest BCUT2D eigenvalue weighted by Crippen LogP contribution is -2.28. The SMILES string of the molecule is Cc1cc(C)c(C(F)(F)C(=O)c2ccccc2)c(C)c1. The predicted octanol–water partition coefficient (Wildman–Crippen LogP) is 4.59. The summed E-state index contributed by atoms with van der Waals surface area (Å²) in [4.78, 5) is 12.1. The molecule has 0 heterocycles. The van der Waals surface area contributed by atoms with Crippen molar-refractivity contribution >= 4 is 5.78 Å². The first-order valence-corrected chi connectivity index (χ1v) is 6.40. The summed E-state index contributed by atoms with van der Waals surface area (Å²) in [5, 5.41) is 0. The highest BCUT2D eigenvalue weighted by Gasteiger charge is 2.43. The molecule has 0 bridgehead atoms. The van der Waals surface area contributed by atoms with Crippen molar-refractivity contribution in [2.24, 2.45) is 0 Å². The molecular weight excluding hydrogens is 258 g/mol. The third-order valence-electron chi connectivity index (χ3n) is 3.31. The van der Waals surface area contributed by atoms with Crippen LogP contribution in [0.4, 0.5) is 8.78 Å². The summed E-state index contributed by atoms with van der Waals surface area (Å²) in [6, 6.07) is 11.0. The van der Waals surface area contributed by atoms with Crippen molar-refractivity contribution in [2.45, 2.75) is 26.7 Å². The van der Waals surface area contributed by atoms with Crippen molar-refractivity contribution in [3.8, 4) is 0 Å². The first kappa shape index (κ1) is 14.4. The van der Waals surface area contributed by atoms with E-state index in [1.54, 1.807) is 44.2 Å². The number of ketones is 1. The minimum atomic E-state index is -3.51. The first-order chi connectivity index (χ1) is 9.34. The van der Waals surface area contributed by atoms with Crippen molar-refractivity contribution in [1.29, 1.82) is 0 Å². The molecule has 0 atom stereocenters. The maximum Gasteiger partial charge on any atom is 0.335 e. The number of alkyl halides is 2. The number of hydrogen-bond donors (Lipinski definition) is 0. The zero-order chi connectivity index (χ0) is 14.9. The van der Waals surface area contributed by atoms with Crippen molar-refractivity contribution in [1.82, 2.24) is 0 Å². The second-order valence-corrected chi connectivity index (χ2v) is 5.04. The maximum atomic E-state index is 14.5. The number of carbonyl (C=O) groups excluding carboxylic acids is 1. The summed E-state index contributed by atoms with van der Waals surface area (Å²) >= 11 is 0. The van der Waals surface area contributed by atoms with Crippen molar-refractivity contribution in [3.63, 3.8) is 0 Å². The predicted molar refractivity (Wildman–Crippen MR) is 75.3 cm³/mol. The lowest BCUT2D eigenvalue weighted by Gasteiger charge is -2.20. The molecule has 0 aliphatic heterocycles. The maximum absolute atomic E-state index is 14.5. The lowest BCUT2D eigenvalue weighted by atomic mass is 9.90. The molecule has 1 nitrogen and oxygen atoms in total. The van der Waals surface area contributed by atoms with Crippen molar-refractivity contribution in [2.75, 3.05) is 0 Å². The van der Waals surface area contributed by atoms with E-state index in [1.165, 1.54) is 12.1 Å². The van der Waals surface area contributed by atoms with Gasteiger partial charge in [0.2, 0.25) is 5.78 Å². The van der Waals surface area contributed by atoms with E-state index in [0.717, 1.165) is 5.56 Å². The number of Topliss-reactive ketones (excluding diaryl/α,β-unsaturated/α-hetero) is 1. The largest absolute Gasteiger partial charge is 0.335 e. The molecule has 0 fully saturated rings. The van der Waals surface area contributed by atoms with Gasteiger partial charge in [0.1, 0.15) is 0 Å². The van der Waals surface area contributed by atoms with Gasteiger partial charge in [-0.2, -0.15) is 8.78 Å². The molecule has 2 aromatic rings. The fourth-order valence-electron chi connectivity index (χ4n) is 2.56. The molecule has 0 N–H and O–H groups in total. The number of hydrogen-bond acceptors (Lipinski definition) is 1. The minimum absolute atomic E-state index is 0.0249. The fraction of sp³-hybridized carbons (Fsp3) is 0.235. The monoisotopic (exact) mass is 274 g/mol. The van der Waals surface area contributed by atoms with Gasteiger partial charge in [-0.25, -0.2) is 0 Å². The van der Waals surface area contributed by atoms with Crippen LogP contribution < -0.4 is 0 Å². The van der Waals surface area contributed by atoms with Gasteiger partial charge >= 0.3 is 5.92 Å². The number of carbonyl (C=O) groups is 1. The Balaban J connectivity index is 2.53. The van der Waals surface area contributed by atoms with Gasteiger partial charge in [-0.05, 0) is 31.9 Å². The number of aryl methyl sites for hydroxylation is 3. The second-order valence-electron chi connectivity index (χ2n) is 5.04. The molecule has 3 heteroatoms. The highest BCUT2D eigenvalue weighted by Crippen LogP contribution is 2.36. The summed E-state index contributed by atoms with van der Waals surface area (Å²) in [6.45, 7) is 5.07. The summed E-state index contributed by atoms with van der Waals surface area (Å²) in [5.74, 6) is -4.67. The molecule has 104 valence electrons. The van der Waals surface area contributed by atoms with Gasteiger partial charge in [-0.1, -0.05) is 48.0 Å². The standard InChI is InChI=1S/C17H16F2O/c1-11-9-12(2)15(13(3)10-11)17(18,19)16(20)14-7-5-4-6-8-14/h4-10H,1-3H3. The van der Waals surface area contributed by atoms with Gasteiger partial charge in [0.25, 0.3) is 0 Å². The Labute approximate surface area is 117 Å². The summed E-state index contributed by atoms with van der Waals surface area (Å²) in [5.41, 5.74) is 1.63. The van der Waals surface area contributed by atoms with Crippen LogP contribution in [-0.2, 0) is 5.92 Å². The van der Waals surface area contributed by atoms with Crippen LogP contribution in [0.2, 0.25) is 0 Å². The molecule has 0 aliphatic rings. The minimum Gasteiger partial charge on any atom is -0.287 e. The molecule has 0 aromatic heterocycles. The molecule has 0 unspecified atom stereocenters. The van der Waals surface area contributed by atoms with E-state index in [0.29, 0.717) is 11.1 Å². The van der Waals surface area contributed by atoms with Gasteiger partial charge in [0.05, 0.1) is 0 Å². The van der Waals surface area contributed by atoms with Crippen LogP contribution in [0.25, 0.3) is 0 Å². The summed E-state index contributed by atoms with van der Waals surface area (Å²) < 4.78 is 29.1. The Hall–Kier alpha value is -2.03. The molecule has 0 spiro atoms. The summed E-state index contributed by atoms with van der Waals surface area (Å²) in [6.07, 6.45) is 0. The van der Waals surface area contributed by atoms with Crippen LogP contribution in [0, 0.1) is 20.8 Å². The van der Waals surface area contributed by atoms with E-state index in [1.807, 2.05) is 6.92 Å². The van der Waals surface area contributed by atoms with Crippen LogP contribution in [0.5, 0.6) is 0 Å². The zero-order valence-corrected chi connectivity index (χ0v) is 11.7. The van der Waals surface area contributed by atoms with Gasteiger partial charge in [-0.15, -0.1) is 0 Å². The third kappa shape index (κ3) is 2.48. The van der Waals surface area contributed by atoms with E-state index >= 15 is 0 Å². The number of benzene rings is 2. The molecule has 0 radical (unpaired) electrons. The topological polar surface area (TPSA) is 17.1 Å². The Morgan fingerprint density at radius 3 is 1.95 bits per heavy atom.